The Kier molecular flexibility index (Phi) is 9.37. The molecule has 0 amide bonds. The SMILES string of the molecule is COc1cc2c(cc1Cc1cccc(Cl)c1F)c(=O)c(C(=O)O)cn2[C@H](CO[C@@H]1O[C@H](C)[C@@H](O)[C@H](O)[C@H]1O)C(C)C. The van der Waals surface area contributed by atoms with Gasteiger partial charge in [0.15, 0.2) is 6.29 Å². The number of halogens is 2. The van der Waals surface area contributed by atoms with Crippen LogP contribution in [-0.4, -0.2) is 75.4 Å². The van der Waals surface area contributed by atoms with Crippen LogP contribution in [0.15, 0.2) is 41.3 Å². The van der Waals surface area contributed by atoms with E-state index < -0.39 is 59.5 Å². The van der Waals surface area contributed by atoms with Crippen molar-refractivity contribution in [2.75, 3.05) is 13.7 Å². The number of ether oxygens (including phenoxy) is 3. The van der Waals surface area contributed by atoms with Crippen molar-refractivity contribution < 1.29 is 43.8 Å². The van der Waals surface area contributed by atoms with Crippen molar-refractivity contribution >= 4 is 28.5 Å². The van der Waals surface area contributed by atoms with Gasteiger partial charge in [0.1, 0.15) is 35.4 Å². The molecule has 1 aliphatic heterocycles. The van der Waals surface area contributed by atoms with Gasteiger partial charge in [-0.1, -0.05) is 37.6 Å². The number of aromatic carboxylic acids is 1. The van der Waals surface area contributed by atoms with Gasteiger partial charge in [-0.2, -0.15) is 0 Å². The molecule has 0 unspecified atom stereocenters. The number of carboxylic acid groups (broad SMARTS) is 1. The number of benzene rings is 2. The highest BCUT2D eigenvalue weighted by molar-refractivity contribution is 6.30. The molecule has 10 nitrogen and oxygen atoms in total. The molecule has 2 aromatic carbocycles. The maximum absolute atomic E-state index is 14.7. The van der Waals surface area contributed by atoms with Crippen LogP contribution in [0.25, 0.3) is 10.9 Å². The second kappa shape index (κ2) is 12.4. The van der Waals surface area contributed by atoms with Gasteiger partial charge >= 0.3 is 5.97 Å². The Bertz CT molecular complexity index is 1490. The highest BCUT2D eigenvalue weighted by Crippen LogP contribution is 2.32. The van der Waals surface area contributed by atoms with Crippen LogP contribution in [0.2, 0.25) is 5.02 Å². The molecule has 4 rings (SSSR count). The van der Waals surface area contributed by atoms with Crippen LogP contribution in [0.5, 0.6) is 5.75 Å². The molecule has 1 aromatic heterocycles. The Hall–Kier alpha value is -3.06. The first kappa shape index (κ1) is 30.9. The van der Waals surface area contributed by atoms with Crippen LogP contribution in [0.4, 0.5) is 4.39 Å². The molecule has 6 atom stereocenters. The van der Waals surface area contributed by atoms with Crippen molar-refractivity contribution in [1.29, 1.82) is 0 Å². The Morgan fingerprint density at radius 2 is 1.85 bits per heavy atom. The normalized spacial score (nSPS) is 23.6. The fourth-order valence-electron chi connectivity index (χ4n) is 5.01. The maximum atomic E-state index is 14.7. The number of aliphatic hydroxyl groups is 3. The van der Waals surface area contributed by atoms with E-state index in [2.05, 4.69) is 0 Å². The Labute approximate surface area is 240 Å². The summed E-state index contributed by atoms with van der Waals surface area (Å²) in [5.74, 6) is -1.87. The summed E-state index contributed by atoms with van der Waals surface area (Å²) in [5, 5.41) is 40.4. The molecular weight excluding hydrogens is 561 g/mol. The van der Waals surface area contributed by atoms with E-state index in [0.717, 1.165) is 0 Å². The number of hydrogen-bond donors (Lipinski definition) is 4. The van der Waals surface area contributed by atoms with E-state index in [4.69, 9.17) is 25.8 Å². The average molecular weight is 594 g/mol. The first-order valence-corrected chi connectivity index (χ1v) is 13.5. The molecule has 0 spiro atoms. The predicted octanol–water partition coefficient (Wildman–Crippen LogP) is 3.13. The lowest BCUT2D eigenvalue weighted by atomic mass is 9.98. The molecule has 1 fully saturated rings. The molecule has 1 saturated heterocycles. The smallest absolute Gasteiger partial charge is 0.341 e. The molecule has 0 bridgehead atoms. The van der Waals surface area contributed by atoms with E-state index in [1.807, 2.05) is 13.8 Å². The first-order chi connectivity index (χ1) is 19.3. The number of aliphatic hydroxyl groups excluding tert-OH is 3. The second-order valence-electron chi connectivity index (χ2n) is 10.5. The van der Waals surface area contributed by atoms with Crippen molar-refractivity contribution in [1.82, 2.24) is 4.57 Å². The van der Waals surface area contributed by atoms with Gasteiger partial charge in [-0.05, 0) is 36.1 Å². The van der Waals surface area contributed by atoms with Gasteiger partial charge in [0.05, 0.1) is 36.4 Å². The topological polar surface area (TPSA) is 148 Å². The molecule has 3 aromatic rings. The first-order valence-electron chi connectivity index (χ1n) is 13.1. The molecule has 2 heterocycles. The van der Waals surface area contributed by atoms with Crippen LogP contribution in [0.3, 0.4) is 0 Å². The number of rotatable bonds is 9. The van der Waals surface area contributed by atoms with Crippen LogP contribution in [0, 0.1) is 11.7 Å². The van der Waals surface area contributed by atoms with Gasteiger partial charge in [-0.3, -0.25) is 4.79 Å². The van der Waals surface area contributed by atoms with Gasteiger partial charge in [-0.25, -0.2) is 9.18 Å². The summed E-state index contributed by atoms with van der Waals surface area (Å²) in [5.41, 5.74) is -0.131. The highest BCUT2D eigenvalue weighted by atomic mass is 35.5. The highest BCUT2D eigenvalue weighted by Gasteiger charge is 2.42. The number of hydrogen-bond acceptors (Lipinski definition) is 8. The Balaban J connectivity index is 1.81. The molecule has 1 aliphatic rings. The molecule has 0 radical (unpaired) electrons. The van der Waals surface area contributed by atoms with Gasteiger partial charge < -0.3 is 39.2 Å². The molecule has 0 saturated carbocycles. The lowest BCUT2D eigenvalue weighted by Gasteiger charge is -2.39. The number of carboxylic acids is 1. The third-order valence-corrected chi connectivity index (χ3v) is 7.74. The number of carbonyl (C=O) groups is 1. The fraction of sp³-hybridized carbons (Fsp3) is 0.448. The lowest BCUT2D eigenvalue weighted by Crippen LogP contribution is -2.57. The van der Waals surface area contributed by atoms with Crippen LogP contribution < -0.4 is 10.2 Å². The minimum absolute atomic E-state index is 0.0300. The Morgan fingerprint density at radius 3 is 2.49 bits per heavy atom. The zero-order chi connectivity index (χ0) is 30.2. The summed E-state index contributed by atoms with van der Waals surface area (Å²) in [6.07, 6.45) is -5.12. The second-order valence-corrected chi connectivity index (χ2v) is 10.9. The van der Waals surface area contributed by atoms with Gasteiger partial charge in [0.2, 0.25) is 5.43 Å². The van der Waals surface area contributed by atoms with Gasteiger partial charge in [-0.15, -0.1) is 0 Å². The van der Waals surface area contributed by atoms with Gasteiger partial charge in [0.25, 0.3) is 0 Å². The fourth-order valence-corrected chi connectivity index (χ4v) is 5.20. The van der Waals surface area contributed by atoms with E-state index in [1.165, 1.54) is 32.4 Å². The summed E-state index contributed by atoms with van der Waals surface area (Å²) < 4.78 is 33.3. The minimum Gasteiger partial charge on any atom is -0.496 e. The number of nitrogens with zero attached hydrogens (tertiary/aromatic N) is 1. The molecule has 41 heavy (non-hydrogen) atoms. The van der Waals surface area contributed by atoms with E-state index in [1.54, 1.807) is 22.8 Å². The zero-order valence-electron chi connectivity index (χ0n) is 23.0. The molecular formula is C29H33ClFNO9. The minimum atomic E-state index is -1.52. The third kappa shape index (κ3) is 6.11. The van der Waals surface area contributed by atoms with Crippen molar-refractivity contribution in [3.63, 3.8) is 0 Å². The lowest BCUT2D eigenvalue weighted by molar-refractivity contribution is -0.295. The van der Waals surface area contributed by atoms with Crippen molar-refractivity contribution in [2.24, 2.45) is 5.92 Å². The Morgan fingerprint density at radius 1 is 1.15 bits per heavy atom. The van der Waals surface area contributed by atoms with Crippen molar-refractivity contribution in [3.05, 3.63) is 74.3 Å². The molecule has 4 N–H and O–H groups in total. The third-order valence-electron chi connectivity index (χ3n) is 7.44. The predicted molar refractivity (Wildman–Crippen MR) is 148 cm³/mol. The van der Waals surface area contributed by atoms with Crippen LogP contribution in [-0.2, 0) is 15.9 Å². The van der Waals surface area contributed by atoms with E-state index in [9.17, 15) is 34.4 Å². The van der Waals surface area contributed by atoms with Crippen LogP contribution >= 0.6 is 11.6 Å². The molecule has 222 valence electrons. The average Bonchev–Trinajstić information content (AvgIpc) is 2.93. The summed E-state index contributed by atoms with van der Waals surface area (Å²) in [6.45, 7) is 5.16. The quantitative estimate of drug-likeness (QED) is 0.294. The van der Waals surface area contributed by atoms with E-state index in [0.29, 0.717) is 16.8 Å². The van der Waals surface area contributed by atoms with Crippen LogP contribution in [0.1, 0.15) is 48.3 Å². The summed E-state index contributed by atoms with van der Waals surface area (Å²) in [4.78, 5) is 25.4. The summed E-state index contributed by atoms with van der Waals surface area (Å²) in [7, 11) is 1.43. The largest absolute Gasteiger partial charge is 0.496 e. The van der Waals surface area contributed by atoms with E-state index >= 15 is 0 Å². The number of fused-ring (bicyclic) bond motifs is 1. The molecule has 12 heteroatoms. The van der Waals surface area contributed by atoms with E-state index in [-0.39, 0.29) is 34.9 Å². The number of methoxy groups -OCH3 is 1. The standard InChI is InChI=1S/C29H33ClFNO9/c1-13(2)21(12-40-29-27(36)26(35)24(33)14(3)41-29)32-11-18(28(37)38)25(34)17-9-16(22(39-4)10-20(17)32)8-15-6-5-7-19(30)23(15)31/h5-7,9-11,13-14,21,24,26-27,29,33,35-36H,8,12H2,1-4H3,(H,37,38)/t14-,21-,24-,26+,27-,29-/m1/s1. The zero-order valence-corrected chi connectivity index (χ0v) is 23.7. The van der Waals surface area contributed by atoms with Gasteiger partial charge in [0, 0.05) is 24.1 Å². The number of pyridine rings is 1. The monoisotopic (exact) mass is 593 g/mol. The summed E-state index contributed by atoms with van der Waals surface area (Å²) in [6, 6.07) is 7.08. The maximum Gasteiger partial charge on any atom is 0.341 e. The number of aromatic nitrogens is 1. The van der Waals surface area contributed by atoms with Crippen molar-refractivity contribution in [3.8, 4) is 5.75 Å². The van der Waals surface area contributed by atoms with Crippen molar-refractivity contribution in [2.45, 2.75) is 63.9 Å². The summed E-state index contributed by atoms with van der Waals surface area (Å²) >= 11 is 5.95. The molecule has 0 aliphatic carbocycles.